The van der Waals surface area contributed by atoms with Gasteiger partial charge in [-0.25, -0.2) is 5.90 Å². The molecule has 0 aromatic rings. The van der Waals surface area contributed by atoms with Gasteiger partial charge >= 0.3 is 0 Å². The molecule has 0 aliphatic carbocycles. The third-order valence-corrected chi connectivity index (χ3v) is 1.50. The van der Waals surface area contributed by atoms with Gasteiger partial charge in [-0.05, 0) is 6.42 Å². The molecule has 90 valence electrons. The van der Waals surface area contributed by atoms with E-state index >= 15 is 0 Å². The number of amides is 1. The fourth-order valence-electron chi connectivity index (χ4n) is 0.856. The Hall–Kier alpha value is -0.690. The second-order valence-corrected chi connectivity index (χ2v) is 2.89. The highest BCUT2D eigenvalue weighted by molar-refractivity contribution is 5.77. The number of ether oxygens (including phenoxy) is 2. The molecule has 0 radical (unpaired) electrons. The van der Waals surface area contributed by atoms with Crippen LogP contribution in [0.1, 0.15) is 13.3 Å². The summed E-state index contributed by atoms with van der Waals surface area (Å²) in [5, 5.41) is 2.58. The van der Waals surface area contributed by atoms with Crippen molar-refractivity contribution < 1.29 is 19.1 Å². The van der Waals surface area contributed by atoms with E-state index in [4.69, 9.17) is 15.4 Å². The van der Waals surface area contributed by atoms with Crippen LogP contribution in [0, 0.1) is 0 Å². The molecule has 0 atom stereocenters. The van der Waals surface area contributed by atoms with E-state index in [0.29, 0.717) is 26.4 Å². The van der Waals surface area contributed by atoms with Crippen LogP contribution in [0.3, 0.4) is 0 Å². The van der Waals surface area contributed by atoms with Crippen LogP contribution in [0.25, 0.3) is 0 Å². The molecule has 6 nitrogen and oxygen atoms in total. The average Bonchev–Trinajstić information content (AvgIpc) is 2.22. The van der Waals surface area contributed by atoms with Crippen molar-refractivity contribution >= 4 is 5.91 Å². The zero-order chi connectivity index (χ0) is 11.4. The lowest BCUT2D eigenvalue weighted by atomic mass is 10.5. The fourth-order valence-corrected chi connectivity index (χ4v) is 0.856. The predicted octanol–water partition coefficient (Wildman–Crippen LogP) is -0.564. The van der Waals surface area contributed by atoms with Gasteiger partial charge in [0.1, 0.15) is 6.61 Å². The van der Waals surface area contributed by atoms with E-state index < -0.39 is 0 Å². The van der Waals surface area contributed by atoms with Crippen molar-refractivity contribution in [2.45, 2.75) is 13.3 Å². The highest BCUT2D eigenvalue weighted by Gasteiger charge is 1.98. The molecule has 0 saturated carbocycles. The van der Waals surface area contributed by atoms with Gasteiger partial charge in [0.2, 0.25) is 5.91 Å². The van der Waals surface area contributed by atoms with Gasteiger partial charge in [-0.1, -0.05) is 6.92 Å². The van der Waals surface area contributed by atoms with Crippen LogP contribution in [0.15, 0.2) is 0 Å². The van der Waals surface area contributed by atoms with E-state index in [1.165, 1.54) is 0 Å². The molecule has 0 aliphatic heterocycles. The van der Waals surface area contributed by atoms with Gasteiger partial charge in [0.25, 0.3) is 0 Å². The van der Waals surface area contributed by atoms with Crippen LogP contribution in [-0.4, -0.2) is 45.5 Å². The van der Waals surface area contributed by atoms with Crippen molar-refractivity contribution in [2.75, 3.05) is 39.6 Å². The highest BCUT2D eigenvalue weighted by atomic mass is 16.6. The van der Waals surface area contributed by atoms with Gasteiger partial charge in [-0.15, -0.1) is 0 Å². The summed E-state index contributed by atoms with van der Waals surface area (Å²) in [5.74, 6) is 4.47. The summed E-state index contributed by atoms with van der Waals surface area (Å²) >= 11 is 0. The minimum atomic E-state index is -0.247. The third kappa shape index (κ3) is 11.2. The Morgan fingerprint density at radius 2 is 1.87 bits per heavy atom. The average molecular weight is 220 g/mol. The van der Waals surface area contributed by atoms with Crippen LogP contribution in [0.2, 0.25) is 0 Å². The Morgan fingerprint density at radius 1 is 1.20 bits per heavy atom. The summed E-state index contributed by atoms with van der Waals surface area (Å²) in [6, 6.07) is 0. The molecular weight excluding hydrogens is 200 g/mol. The molecule has 3 N–H and O–H groups in total. The topological polar surface area (TPSA) is 82.8 Å². The molecule has 15 heavy (non-hydrogen) atoms. The monoisotopic (exact) mass is 220 g/mol. The van der Waals surface area contributed by atoms with E-state index in [-0.39, 0.29) is 12.5 Å². The fraction of sp³-hybridized carbons (Fsp3) is 0.889. The molecule has 0 aromatic carbocycles. The van der Waals surface area contributed by atoms with Crippen molar-refractivity contribution in [1.82, 2.24) is 5.32 Å². The Kier molecular flexibility index (Phi) is 10.9. The summed E-state index contributed by atoms with van der Waals surface area (Å²) in [7, 11) is 0. The Labute approximate surface area is 90.0 Å². The van der Waals surface area contributed by atoms with Crippen molar-refractivity contribution in [3.8, 4) is 0 Å². The molecule has 0 aromatic heterocycles. The molecular formula is C9H20N2O4. The SMILES string of the molecule is CCCOCCOCCNC(=O)CON. The lowest BCUT2D eigenvalue weighted by molar-refractivity contribution is -0.126. The molecule has 0 saturated heterocycles. The van der Waals surface area contributed by atoms with Crippen molar-refractivity contribution in [2.24, 2.45) is 5.90 Å². The first-order valence-electron chi connectivity index (χ1n) is 5.05. The lowest BCUT2D eigenvalue weighted by Gasteiger charge is -2.06. The number of nitrogens with two attached hydrogens (primary N) is 1. The number of carbonyl (C=O) groups is 1. The van der Waals surface area contributed by atoms with Crippen LogP contribution in [0.5, 0.6) is 0 Å². The van der Waals surface area contributed by atoms with Gasteiger partial charge in [-0.2, -0.15) is 0 Å². The largest absolute Gasteiger partial charge is 0.379 e. The molecule has 0 bridgehead atoms. The Balaban J connectivity index is 3.01. The second-order valence-electron chi connectivity index (χ2n) is 2.89. The molecule has 0 rings (SSSR count). The van der Waals surface area contributed by atoms with Gasteiger partial charge < -0.3 is 14.8 Å². The van der Waals surface area contributed by atoms with Gasteiger partial charge in [-0.3, -0.25) is 9.63 Å². The number of hydrogen-bond donors (Lipinski definition) is 2. The summed E-state index contributed by atoms with van der Waals surface area (Å²) in [5.41, 5.74) is 0. The molecule has 0 aliphatic rings. The zero-order valence-corrected chi connectivity index (χ0v) is 9.16. The highest BCUT2D eigenvalue weighted by Crippen LogP contribution is 1.81. The standard InChI is InChI=1S/C9H20N2O4/c1-2-4-13-6-7-14-5-3-11-9(12)8-15-10/h2-8,10H2,1H3,(H,11,12). The van der Waals surface area contributed by atoms with Gasteiger partial charge in [0.05, 0.1) is 19.8 Å². The summed E-state index contributed by atoms with van der Waals surface area (Å²) in [6.07, 6.45) is 1.01. The normalized spacial score (nSPS) is 10.3. The van der Waals surface area contributed by atoms with Crippen LogP contribution in [0.4, 0.5) is 0 Å². The number of hydrogen-bond acceptors (Lipinski definition) is 5. The maximum absolute atomic E-state index is 10.8. The van der Waals surface area contributed by atoms with E-state index in [9.17, 15) is 4.79 Å². The summed E-state index contributed by atoms with van der Waals surface area (Å²) in [6.45, 7) is 4.74. The van der Waals surface area contributed by atoms with Crippen molar-refractivity contribution in [1.29, 1.82) is 0 Å². The molecule has 1 amide bonds. The lowest BCUT2D eigenvalue weighted by Crippen LogP contribution is -2.31. The number of rotatable bonds is 10. The zero-order valence-electron chi connectivity index (χ0n) is 9.16. The third-order valence-electron chi connectivity index (χ3n) is 1.50. The number of carbonyl (C=O) groups excluding carboxylic acids is 1. The minimum absolute atomic E-state index is 0.125. The van der Waals surface area contributed by atoms with Crippen molar-refractivity contribution in [3.05, 3.63) is 0 Å². The summed E-state index contributed by atoms with van der Waals surface area (Å²) in [4.78, 5) is 15.0. The van der Waals surface area contributed by atoms with E-state index in [2.05, 4.69) is 17.1 Å². The smallest absolute Gasteiger partial charge is 0.248 e. The van der Waals surface area contributed by atoms with Crippen LogP contribution < -0.4 is 11.2 Å². The first-order chi connectivity index (χ1) is 7.31. The van der Waals surface area contributed by atoms with Crippen LogP contribution >= 0.6 is 0 Å². The number of nitrogens with one attached hydrogen (secondary N) is 1. The second kappa shape index (κ2) is 11.4. The molecule has 6 heteroatoms. The molecule has 0 heterocycles. The Morgan fingerprint density at radius 3 is 2.47 bits per heavy atom. The first kappa shape index (κ1) is 14.3. The molecule has 0 spiro atoms. The molecule has 0 unspecified atom stereocenters. The van der Waals surface area contributed by atoms with Crippen molar-refractivity contribution in [3.63, 3.8) is 0 Å². The first-order valence-corrected chi connectivity index (χ1v) is 5.05. The maximum atomic E-state index is 10.8. The van der Waals surface area contributed by atoms with E-state index in [1.54, 1.807) is 0 Å². The van der Waals surface area contributed by atoms with Crippen LogP contribution in [-0.2, 0) is 19.1 Å². The quantitative estimate of drug-likeness (QED) is 0.381. The van der Waals surface area contributed by atoms with E-state index in [1.807, 2.05) is 0 Å². The predicted molar refractivity (Wildman–Crippen MR) is 55.1 cm³/mol. The molecule has 0 fully saturated rings. The van der Waals surface area contributed by atoms with E-state index in [0.717, 1.165) is 13.0 Å². The maximum Gasteiger partial charge on any atom is 0.248 e. The minimum Gasteiger partial charge on any atom is -0.379 e. The Bertz CT molecular complexity index is 155. The van der Waals surface area contributed by atoms with Gasteiger partial charge in [0, 0.05) is 13.2 Å². The summed E-state index contributed by atoms with van der Waals surface area (Å²) < 4.78 is 10.4. The van der Waals surface area contributed by atoms with Gasteiger partial charge in [0.15, 0.2) is 0 Å².